The maximum absolute atomic E-state index is 13.0. The number of guanidine groups is 1. The molecule has 0 atom stereocenters. The third-order valence-corrected chi connectivity index (χ3v) is 5.01. The lowest BCUT2D eigenvalue weighted by Gasteiger charge is -2.32. The maximum atomic E-state index is 13.0. The van der Waals surface area contributed by atoms with Crippen molar-refractivity contribution in [2.75, 3.05) is 26.7 Å². The summed E-state index contributed by atoms with van der Waals surface area (Å²) in [5, 5.41) is 3.37. The molecule has 1 saturated carbocycles. The summed E-state index contributed by atoms with van der Waals surface area (Å²) in [4.78, 5) is 6.46. The summed E-state index contributed by atoms with van der Waals surface area (Å²) >= 11 is 0. The largest absolute Gasteiger partial charge is 0.416 e. The molecule has 0 aromatic heterocycles. The molecule has 1 aromatic carbocycles. The van der Waals surface area contributed by atoms with Crippen LogP contribution >= 0.6 is 24.0 Å². The molecule has 0 radical (unpaired) electrons. The molecule has 1 fully saturated rings. The molecule has 1 N–H and O–H groups in total. The number of nitrogens with zero attached hydrogens (tertiary/aromatic N) is 2. The fourth-order valence-electron chi connectivity index (χ4n) is 3.62. The van der Waals surface area contributed by atoms with Crippen molar-refractivity contribution in [2.45, 2.75) is 37.3 Å². The molecule has 0 spiro atoms. The highest BCUT2D eigenvalue weighted by molar-refractivity contribution is 14.0. The molecule has 1 aliphatic heterocycles. The van der Waals surface area contributed by atoms with Crippen molar-refractivity contribution in [1.82, 2.24) is 10.2 Å². The first kappa shape index (κ1) is 19.3. The van der Waals surface area contributed by atoms with Crippen molar-refractivity contribution in [3.63, 3.8) is 0 Å². The second-order valence-corrected chi connectivity index (χ2v) is 6.55. The zero-order valence-electron chi connectivity index (χ0n) is 13.7. The predicted molar refractivity (Wildman–Crippen MR) is 99.9 cm³/mol. The van der Waals surface area contributed by atoms with Gasteiger partial charge in [-0.2, -0.15) is 13.2 Å². The monoisotopic (exact) mass is 453 g/mol. The number of aliphatic imine (C=N–C) groups is 1. The first-order chi connectivity index (χ1) is 10.9. The van der Waals surface area contributed by atoms with Gasteiger partial charge in [0.25, 0.3) is 0 Å². The highest BCUT2D eigenvalue weighted by atomic mass is 127. The van der Waals surface area contributed by atoms with Crippen LogP contribution in [0.25, 0.3) is 0 Å². The Balaban J connectivity index is 0.00000208. The van der Waals surface area contributed by atoms with Gasteiger partial charge in [0.15, 0.2) is 5.96 Å². The average Bonchev–Trinajstić information content (AvgIpc) is 3.14. The zero-order valence-corrected chi connectivity index (χ0v) is 16.0. The van der Waals surface area contributed by atoms with Crippen molar-refractivity contribution >= 4 is 29.9 Å². The topological polar surface area (TPSA) is 27.6 Å². The van der Waals surface area contributed by atoms with Gasteiger partial charge in [-0.1, -0.05) is 31.0 Å². The lowest BCUT2D eigenvalue weighted by molar-refractivity contribution is -0.137. The van der Waals surface area contributed by atoms with Crippen molar-refractivity contribution in [3.8, 4) is 0 Å². The standard InChI is InChI=1S/C17H22F3N3.HI/c1-23-10-9-21-15(23)22-12-16(7-2-3-8-16)13-5-4-6-14(11-13)17(18,19)20;/h4-6,11H,2-3,7-10,12H2,1H3,(H,21,22);1H. The van der Waals surface area contributed by atoms with Crippen LogP contribution in [0.15, 0.2) is 29.3 Å². The van der Waals surface area contributed by atoms with Crippen LogP contribution in [0.3, 0.4) is 0 Å². The van der Waals surface area contributed by atoms with Gasteiger partial charge in [0.05, 0.1) is 12.1 Å². The van der Waals surface area contributed by atoms with Crippen molar-refractivity contribution in [2.24, 2.45) is 4.99 Å². The molecule has 1 aliphatic carbocycles. The lowest BCUT2D eigenvalue weighted by Crippen LogP contribution is -2.43. The van der Waals surface area contributed by atoms with Crippen LogP contribution < -0.4 is 5.32 Å². The van der Waals surface area contributed by atoms with E-state index in [9.17, 15) is 13.2 Å². The van der Waals surface area contributed by atoms with Gasteiger partial charge in [0.1, 0.15) is 0 Å². The minimum absolute atomic E-state index is 0. The molecule has 7 heteroatoms. The Kier molecular flexibility index (Phi) is 6.04. The highest BCUT2D eigenvalue weighted by Gasteiger charge is 2.38. The van der Waals surface area contributed by atoms with Crippen molar-refractivity contribution in [3.05, 3.63) is 35.4 Å². The molecule has 0 bridgehead atoms. The number of rotatable bonds is 3. The molecule has 0 unspecified atom stereocenters. The minimum atomic E-state index is -4.29. The smallest absolute Gasteiger partial charge is 0.355 e. The summed E-state index contributed by atoms with van der Waals surface area (Å²) in [5.74, 6) is 0.850. The van der Waals surface area contributed by atoms with Gasteiger partial charge in [-0.15, -0.1) is 24.0 Å². The van der Waals surface area contributed by atoms with Gasteiger partial charge in [-0.3, -0.25) is 4.99 Å². The Morgan fingerprint density at radius 1 is 1.25 bits per heavy atom. The van der Waals surface area contributed by atoms with Crippen molar-refractivity contribution in [1.29, 1.82) is 0 Å². The number of benzene rings is 1. The Morgan fingerprint density at radius 3 is 2.54 bits per heavy atom. The van der Waals surface area contributed by atoms with E-state index in [2.05, 4.69) is 15.2 Å². The van der Waals surface area contributed by atoms with Crippen LogP contribution in [0.5, 0.6) is 0 Å². The first-order valence-electron chi connectivity index (χ1n) is 8.08. The molecule has 1 heterocycles. The molecule has 134 valence electrons. The molecule has 0 saturated heterocycles. The first-order valence-corrected chi connectivity index (χ1v) is 8.08. The van der Waals surface area contributed by atoms with Gasteiger partial charge < -0.3 is 10.2 Å². The van der Waals surface area contributed by atoms with E-state index in [4.69, 9.17) is 0 Å². The Morgan fingerprint density at radius 2 is 1.96 bits per heavy atom. The predicted octanol–water partition coefficient (Wildman–Crippen LogP) is 4.03. The Labute approximate surface area is 157 Å². The number of alkyl halides is 3. The number of hydrogen-bond donors (Lipinski definition) is 1. The van der Waals surface area contributed by atoms with E-state index < -0.39 is 11.7 Å². The third-order valence-electron chi connectivity index (χ3n) is 5.01. The third kappa shape index (κ3) is 3.97. The van der Waals surface area contributed by atoms with Crippen molar-refractivity contribution < 1.29 is 13.2 Å². The molecular formula is C17H23F3IN3. The molecule has 3 nitrogen and oxygen atoms in total. The number of halogens is 4. The Hall–Kier alpha value is -0.990. The van der Waals surface area contributed by atoms with Crippen LogP contribution in [0.1, 0.15) is 36.8 Å². The summed E-state index contributed by atoms with van der Waals surface area (Å²) in [5.41, 5.74) is 0.00269. The van der Waals surface area contributed by atoms with E-state index in [1.54, 1.807) is 0 Å². The van der Waals surface area contributed by atoms with E-state index >= 15 is 0 Å². The molecular weight excluding hydrogens is 430 g/mol. The van der Waals surface area contributed by atoms with E-state index in [0.717, 1.165) is 56.4 Å². The second-order valence-electron chi connectivity index (χ2n) is 6.55. The van der Waals surface area contributed by atoms with Crippen LogP contribution in [-0.2, 0) is 11.6 Å². The van der Waals surface area contributed by atoms with Gasteiger partial charge in [-0.05, 0) is 24.5 Å². The number of hydrogen-bond acceptors (Lipinski definition) is 3. The summed E-state index contributed by atoms with van der Waals surface area (Å²) in [6.45, 7) is 2.30. The second kappa shape index (κ2) is 7.49. The Bertz CT molecular complexity index is 595. The quantitative estimate of drug-likeness (QED) is 0.701. The van der Waals surface area contributed by atoms with Crippen LogP contribution in [0, 0.1) is 0 Å². The summed E-state index contributed by atoms with van der Waals surface area (Å²) in [7, 11) is 1.98. The van der Waals surface area contributed by atoms with Crippen LogP contribution in [0.2, 0.25) is 0 Å². The number of likely N-dealkylation sites (N-methyl/N-ethyl adjacent to an activating group) is 1. The summed E-state index contributed by atoms with van der Waals surface area (Å²) in [6.07, 6.45) is -0.351. The summed E-state index contributed by atoms with van der Waals surface area (Å²) < 4.78 is 39.1. The maximum Gasteiger partial charge on any atom is 0.416 e. The fourth-order valence-corrected chi connectivity index (χ4v) is 3.62. The van der Waals surface area contributed by atoms with E-state index in [1.165, 1.54) is 12.1 Å². The van der Waals surface area contributed by atoms with Gasteiger partial charge in [0, 0.05) is 25.6 Å². The minimum Gasteiger partial charge on any atom is -0.355 e. The van der Waals surface area contributed by atoms with E-state index in [-0.39, 0.29) is 29.4 Å². The lowest BCUT2D eigenvalue weighted by atomic mass is 9.78. The molecule has 0 amide bonds. The number of nitrogens with one attached hydrogen (secondary N) is 1. The molecule has 1 aromatic rings. The van der Waals surface area contributed by atoms with E-state index in [0.29, 0.717) is 6.54 Å². The normalized spacial score (nSPS) is 19.8. The fraction of sp³-hybridized carbons (Fsp3) is 0.588. The van der Waals surface area contributed by atoms with E-state index in [1.807, 2.05) is 13.1 Å². The molecule has 24 heavy (non-hydrogen) atoms. The average molecular weight is 453 g/mol. The summed E-state index contributed by atoms with van der Waals surface area (Å²) in [6, 6.07) is 5.83. The van der Waals surface area contributed by atoms with Gasteiger partial charge in [0.2, 0.25) is 0 Å². The SMILES string of the molecule is CN1CCN=C1NCC1(c2cccc(C(F)(F)F)c2)CCCC1.I. The molecule has 2 aliphatic rings. The molecule has 3 rings (SSSR count). The van der Waals surface area contributed by atoms with Gasteiger partial charge in [-0.25, -0.2) is 0 Å². The van der Waals surface area contributed by atoms with Gasteiger partial charge >= 0.3 is 6.18 Å². The highest BCUT2D eigenvalue weighted by Crippen LogP contribution is 2.42. The van der Waals surface area contributed by atoms with Crippen LogP contribution in [0.4, 0.5) is 13.2 Å². The van der Waals surface area contributed by atoms with Crippen LogP contribution in [-0.4, -0.2) is 37.5 Å². The zero-order chi connectivity index (χ0) is 16.5.